The fourth-order valence-electron chi connectivity index (χ4n) is 7.54. The van der Waals surface area contributed by atoms with E-state index in [4.69, 9.17) is 40.0 Å². The van der Waals surface area contributed by atoms with Crippen LogP contribution in [0.25, 0.3) is 43.6 Å². The molecule has 1 saturated heterocycles. The number of aromatic nitrogens is 6. The number of aromatic amines is 2. The van der Waals surface area contributed by atoms with E-state index in [1.54, 1.807) is 27.2 Å². The fourth-order valence-corrected chi connectivity index (χ4v) is 7.61. The van der Waals surface area contributed by atoms with E-state index in [2.05, 4.69) is 53.6 Å². The van der Waals surface area contributed by atoms with Crippen LogP contribution in [-0.4, -0.2) is 118 Å². The zero-order valence-electron chi connectivity index (χ0n) is 35.9. The summed E-state index contributed by atoms with van der Waals surface area (Å²) < 4.78 is 35.0. The second kappa shape index (κ2) is 19.6. The molecule has 0 radical (unpaired) electrons. The van der Waals surface area contributed by atoms with Gasteiger partial charge >= 0.3 is 0 Å². The van der Waals surface area contributed by atoms with Crippen LogP contribution in [0.2, 0.25) is 0 Å². The van der Waals surface area contributed by atoms with Crippen LogP contribution < -0.4 is 28.4 Å². The highest BCUT2D eigenvalue weighted by molar-refractivity contribution is 6.18. The van der Waals surface area contributed by atoms with Crippen LogP contribution in [-0.2, 0) is 4.79 Å². The Balaban J connectivity index is 0.000000180. The molecule has 0 saturated carbocycles. The first-order chi connectivity index (χ1) is 30.7. The Kier molecular flexibility index (Phi) is 13.4. The van der Waals surface area contributed by atoms with Gasteiger partial charge in [0.05, 0.1) is 48.5 Å². The first kappa shape index (κ1) is 43.0. The highest BCUT2D eigenvalue weighted by Gasteiger charge is 2.19. The van der Waals surface area contributed by atoms with Crippen LogP contribution >= 0.6 is 11.6 Å². The SMILES string of the molecule is COc1cc2c(Oc3ccc4[nH]cc(C)c4c3)ncnc2cc1OCCCl.COc1cc2c(Oc3ccc4[nH]cc(C)c4c3)ncnc2cc1OCCN1CCN(CC(C)=O)CC1. The minimum Gasteiger partial charge on any atom is -0.493 e. The second-order valence-electron chi connectivity index (χ2n) is 15.2. The number of ether oxygens (including phenoxy) is 6. The number of nitrogens with one attached hydrogen (secondary N) is 2. The first-order valence-corrected chi connectivity index (χ1v) is 21.2. The van der Waals surface area contributed by atoms with E-state index < -0.39 is 0 Å². The third-order valence-corrected chi connectivity index (χ3v) is 11.0. The summed E-state index contributed by atoms with van der Waals surface area (Å²) in [6, 6.07) is 19.1. The number of piperazine rings is 1. The lowest BCUT2D eigenvalue weighted by Crippen LogP contribution is -2.48. The largest absolute Gasteiger partial charge is 0.493 e. The summed E-state index contributed by atoms with van der Waals surface area (Å²) in [6.45, 7) is 11.6. The van der Waals surface area contributed by atoms with E-state index in [0.717, 1.165) is 76.4 Å². The third-order valence-electron chi connectivity index (χ3n) is 10.8. The minimum absolute atomic E-state index is 0.212. The van der Waals surface area contributed by atoms with Gasteiger partial charge in [-0.1, -0.05) is 0 Å². The molecule has 2 N–H and O–H groups in total. The number of carbonyl (C=O) groups excluding carboxylic acids is 1. The molecule has 0 spiro atoms. The van der Waals surface area contributed by atoms with Crippen molar-refractivity contribution in [2.45, 2.75) is 20.8 Å². The van der Waals surface area contributed by atoms with Gasteiger partial charge in [0.25, 0.3) is 0 Å². The fraction of sp³-hybridized carbons (Fsp3) is 0.298. The number of ketones is 1. The van der Waals surface area contributed by atoms with E-state index in [1.807, 2.05) is 67.0 Å². The molecule has 1 fully saturated rings. The summed E-state index contributed by atoms with van der Waals surface area (Å²) in [5.74, 6) is 5.31. The molecule has 4 aromatic carbocycles. The number of halogens is 1. The summed E-state index contributed by atoms with van der Waals surface area (Å²) in [4.78, 5) is 39.8. The van der Waals surface area contributed by atoms with Gasteiger partial charge in [-0.15, -0.1) is 11.6 Å². The van der Waals surface area contributed by atoms with Crippen molar-refractivity contribution in [3.8, 4) is 46.3 Å². The number of hydrogen-bond acceptors (Lipinski definition) is 13. The summed E-state index contributed by atoms with van der Waals surface area (Å²) in [5, 5.41) is 3.70. The van der Waals surface area contributed by atoms with Gasteiger partial charge in [-0.05, 0) is 80.4 Å². The second-order valence-corrected chi connectivity index (χ2v) is 15.5. The highest BCUT2D eigenvalue weighted by atomic mass is 35.5. The van der Waals surface area contributed by atoms with Crippen LogP contribution in [0.1, 0.15) is 18.1 Å². The zero-order valence-corrected chi connectivity index (χ0v) is 36.6. The van der Waals surface area contributed by atoms with Crippen molar-refractivity contribution in [1.82, 2.24) is 39.7 Å². The monoisotopic (exact) mass is 872 g/mol. The van der Waals surface area contributed by atoms with E-state index in [-0.39, 0.29) is 5.78 Å². The quantitative estimate of drug-likeness (QED) is 0.0943. The number of alkyl halides is 1. The maximum Gasteiger partial charge on any atom is 0.230 e. The van der Waals surface area contributed by atoms with E-state index in [9.17, 15) is 4.79 Å². The lowest BCUT2D eigenvalue weighted by molar-refractivity contribution is -0.118. The molecule has 1 aliphatic rings. The number of hydrogen-bond donors (Lipinski definition) is 2. The Labute approximate surface area is 369 Å². The van der Waals surface area contributed by atoms with Crippen LogP contribution in [0.4, 0.5) is 0 Å². The summed E-state index contributed by atoms with van der Waals surface area (Å²) in [6.07, 6.45) is 6.92. The Hall–Kier alpha value is -6.68. The van der Waals surface area contributed by atoms with Crippen molar-refractivity contribution in [2.75, 3.05) is 72.6 Å². The van der Waals surface area contributed by atoms with Gasteiger partial charge in [0.15, 0.2) is 23.0 Å². The number of fused-ring (bicyclic) bond motifs is 4. The predicted molar refractivity (Wildman–Crippen MR) is 244 cm³/mol. The molecule has 5 heterocycles. The van der Waals surface area contributed by atoms with Crippen LogP contribution in [0.3, 0.4) is 0 Å². The average molecular weight is 873 g/mol. The van der Waals surface area contributed by atoms with Crippen molar-refractivity contribution in [1.29, 1.82) is 0 Å². The van der Waals surface area contributed by atoms with Gasteiger partial charge in [-0.2, -0.15) is 0 Å². The molecule has 0 unspecified atom stereocenters. The summed E-state index contributed by atoms with van der Waals surface area (Å²) in [7, 11) is 3.21. The maximum atomic E-state index is 11.3. The number of carbonyl (C=O) groups is 1. The highest BCUT2D eigenvalue weighted by Crippen LogP contribution is 2.38. The molecule has 0 aliphatic carbocycles. The molecule has 16 heteroatoms. The first-order valence-electron chi connectivity index (χ1n) is 20.6. The molecule has 8 aromatic rings. The van der Waals surface area contributed by atoms with Crippen molar-refractivity contribution in [3.05, 3.63) is 96.8 Å². The minimum atomic E-state index is 0.212. The van der Waals surface area contributed by atoms with Gasteiger partial charge in [0.2, 0.25) is 11.8 Å². The topological polar surface area (TPSA) is 162 Å². The van der Waals surface area contributed by atoms with Gasteiger partial charge in [-0.3, -0.25) is 14.6 Å². The molecular weight excluding hydrogens is 824 g/mol. The summed E-state index contributed by atoms with van der Waals surface area (Å²) >= 11 is 5.71. The zero-order chi connectivity index (χ0) is 43.9. The number of Topliss-reactive ketones (excluding diaryl/α,β-unsaturated/α-hetero) is 1. The lowest BCUT2D eigenvalue weighted by Gasteiger charge is -2.34. The predicted octanol–water partition coefficient (Wildman–Crippen LogP) is 8.64. The Morgan fingerprint density at radius 1 is 0.635 bits per heavy atom. The van der Waals surface area contributed by atoms with Gasteiger partial charge in [0, 0.05) is 79.1 Å². The van der Waals surface area contributed by atoms with Crippen molar-refractivity contribution < 1.29 is 33.2 Å². The number of methoxy groups -OCH3 is 2. The Bertz CT molecular complexity index is 2880. The molecule has 0 bridgehead atoms. The van der Waals surface area contributed by atoms with Crippen LogP contribution in [0.15, 0.2) is 85.7 Å². The van der Waals surface area contributed by atoms with Crippen molar-refractivity contribution in [2.24, 2.45) is 0 Å². The molecule has 63 heavy (non-hydrogen) atoms. The van der Waals surface area contributed by atoms with Crippen LogP contribution in [0.5, 0.6) is 46.3 Å². The molecule has 0 atom stereocenters. The van der Waals surface area contributed by atoms with E-state index >= 15 is 0 Å². The molecule has 0 amide bonds. The summed E-state index contributed by atoms with van der Waals surface area (Å²) in [5.41, 5.74) is 5.86. The maximum absolute atomic E-state index is 11.3. The normalized spacial score (nSPS) is 13.2. The number of H-pyrrole nitrogens is 2. The van der Waals surface area contributed by atoms with Gasteiger partial charge in [-0.25, -0.2) is 19.9 Å². The van der Waals surface area contributed by atoms with Crippen molar-refractivity contribution in [3.63, 3.8) is 0 Å². The Morgan fingerprint density at radius 2 is 1.13 bits per heavy atom. The standard InChI is InChI=1S/C27H31N5O4.C20H18ClN3O3/c1-18-15-28-23-5-4-20(12-21(18)23)36-27-22-13-25(34-3)26(14-24(22)29-17-30-27)35-11-10-31-6-8-32(9-7-31)16-19(2)33;1-12-10-22-16-4-3-13(7-14(12)16)27-20-15-8-18(25-2)19(26-6-5-21)9-17(15)23-11-24-20/h4-5,12-15,17,28H,6-11,16H2,1-3H3;3-4,7-11,22H,5-6H2,1-2H3. The molecule has 9 rings (SSSR count). The Morgan fingerprint density at radius 3 is 1.60 bits per heavy atom. The van der Waals surface area contributed by atoms with E-state index in [1.165, 1.54) is 12.7 Å². The molecule has 15 nitrogen and oxygen atoms in total. The molecule has 4 aromatic heterocycles. The lowest BCUT2D eigenvalue weighted by atomic mass is 10.2. The van der Waals surface area contributed by atoms with Gasteiger partial charge < -0.3 is 38.4 Å². The number of nitrogens with zero attached hydrogens (tertiary/aromatic N) is 6. The number of aryl methyl sites for hydroxylation is 2. The molecular formula is C47H49ClN8O7. The van der Waals surface area contributed by atoms with E-state index in [0.29, 0.717) is 82.9 Å². The third kappa shape index (κ3) is 10.0. The van der Waals surface area contributed by atoms with Crippen LogP contribution in [0, 0.1) is 13.8 Å². The van der Waals surface area contributed by atoms with Gasteiger partial charge in [0.1, 0.15) is 43.2 Å². The smallest absolute Gasteiger partial charge is 0.230 e. The molecule has 1 aliphatic heterocycles. The van der Waals surface area contributed by atoms with Crippen molar-refractivity contribution >= 4 is 61.0 Å². The number of benzene rings is 4. The molecule has 326 valence electrons. The average Bonchev–Trinajstić information content (AvgIpc) is 3.86. The number of rotatable bonds is 15.